The zero-order chi connectivity index (χ0) is 32.4. The van der Waals surface area contributed by atoms with Gasteiger partial charge in [0.2, 0.25) is 0 Å². The zero-order valence-corrected chi connectivity index (χ0v) is 28.1. The van der Waals surface area contributed by atoms with E-state index in [1.165, 1.54) is 12.4 Å². The first kappa shape index (κ1) is 31.7. The van der Waals surface area contributed by atoms with Crippen LogP contribution in [0.3, 0.4) is 0 Å². The first-order valence-corrected chi connectivity index (χ1v) is 18.8. The summed E-state index contributed by atoms with van der Waals surface area (Å²) in [4.78, 5) is 24.2. The summed E-state index contributed by atoms with van der Waals surface area (Å²) in [6.07, 6.45) is 4.70. The number of aromatic nitrogens is 4. The number of carbonyl (C=O) groups is 1. The molecule has 1 amide bonds. The summed E-state index contributed by atoms with van der Waals surface area (Å²) in [7, 11) is 0. The molecule has 2 aromatic carbocycles. The van der Waals surface area contributed by atoms with E-state index < -0.39 is 20.5 Å². The van der Waals surface area contributed by atoms with Gasteiger partial charge in [-0.2, -0.15) is 0 Å². The maximum atomic E-state index is 15.6. The van der Waals surface area contributed by atoms with Gasteiger partial charge in [-0.15, -0.1) is 0 Å². The van der Waals surface area contributed by atoms with Gasteiger partial charge in [-0.25, -0.2) is 4.39 Å². The maximum absolute atomic E-state index is 15.6. The van der Waals surface area contributed by atoms with Crippen molar-refractivity contribution >= 4 is 37.4 Å². The third kappa shape index (κ3) is 6.24. The molecule has 2 aliphatic heterocycles. The predicted octanol–water partition coefficient (Wildman–Crippen LogP) is 6.32. The number of nitriles is 1. The molecule has 0 aliphatic carbocycles. The number of rotatable bonds is 9. The molecule has 2 aliphatic rings. The Hall–Kier alpha value is -4.26. The molecule has 2 fully saturated rings. The van der Waals surface area contributed by atoms with E-state index in [0.29, 0.717) is 52.4 Å². The number of likely N-dealkylation sites (tertiary alicyclic amines) is 1. The van der Waals surface area contributed by atoms with Crippen molar-refractivity contribution in [2.24, 2.45) is 0 Å². The second-order valence-electron chi connectivity index (χ2n) is 12.2. The molecule has 4 aromatic rings. The van der Waals surface area contributed by atoms with Gasteiger partial charge in [0, 0.05) is 6.07 Å². The molecule has 0 radical (unpaired) electrons. The van der Waals surface area contributed by atoms with Crippen molar-refractivity contribution in [2.45, 2.75) is 53.8 Å². The summed E-state index contributed by atoms with van der Waals surface area (Å²) >= 11 is -1.41. The molecule has 12 heteroatoms. The van der Waals surface area contributed by atoms with Gasteiger partial charge < -0.3 is 4.74 Å². The van der Waals surface area contributed by atoms with Crippen LogP contribution in [-0.2, 0) is 9.53 Å². The van der Waals surface area contributed by atoms with E-state index in [4.69, 9.17) is 20.3 Å². The van der Waals surface area contributed by atoms with Crippen molar-refractivity contribution in [3.8, 4) is 28.8 Å². The summed E-state index contributed by atoms with van der Waals surface area (Å²) in [5.41, 5.74) is 7.51. The van der Waals surface area contributed by atoms with Crippen LogP contribution in [0.5, 0.6) is 11.5 Å². The van der Waals surface area contributed by atoms with Gasteiger partial charge in [0.15, 0.2) is 0 Å². The minimum atomic E-state index is -1.41. The predicted molar refractivity (Wildman–Crippen MR) is 175 cm³/mol. The number of fused-ring (bicyclic) bond motifs is 1. The van der Waals surface area contributed by atoms with Crippen molar-refractivity contribution in [1.29, 1.82) is 5.26 Å². The Kier molecular flexibility index (Phi) is 9.12. The summed E-state index contributed by atoms with van der Waals surface area (Å²) in [6, 6.07) is 15.7. The Labute approximate surface area is 272 Å². The number of benzene rings is 2. The fraction of sp³-hybridized carbons (Fsp3) is 0.382. The van der Waals surface area contributed by atoms with E-state index in [0.717, 1.165) is 24.8 Å². The van der Waals surface area contributed by atoms with Gasteiger partial charge in [-0.05, 0) is 18.2 Å². The summed E-state index contributed by atoms with van der Waals surface area (Å²) < 4.78 is 29.0. The zero-order valence-electron chi connectivity index (χ0n) is 26.2. The molecule has 10 nitrogen and oxygen atoms in total. The van der Waals surface area contributed by atoms with Gasteiger partial charge in [0.1, 0.15) is 11.5 Å². The van der Waals surface area contributed by atoms with Crippen LogP contribution in [0.1, 0.15) is 39.7 Å². The summed E-state index contributed by atoms with van der Waals surface area (Å²) in [5.74, 6) is 0.318. The second kappa shape index (κ2) is 13.2. The molecule has 2 atom stereocenters. The van der Waals surface area contributed by atoms with Gasteiger partial charge in [0.05, 0.1) is 0 Å². The molecule has 2 aromatic heterocycles. The SMILES string of the molecule is CC[As](C1COC1)C(C)(C)C=C(C#N)C(=O)N1CCCC(n2nc(-c3ccc(Oc4ccccc4)cc3F)c3c(N)ncnc32)C1. The Balaban J connectivity index is 1.28. The number of amides is 1. The third-order valence-corrected chi connectivity index (χ3v) is 16.0. The number of nitrogens with two attached hydrogens (primary N) is 1. The average Bonchev–Trinajstić information content (AvgIpc) is 3.42. The first-order valence-electron chi connectivity index (χ1n) is 15.5. The number of para-hydroxylation sites is 1. The normalized spacial score (nSPS) is 18.2. The fourth-order valence-electron chi connectivity index (χ4n) is 6.44. The summed E-state index contributed by atoms with van der Waals surface area (Å²) in [5, 5.41) is 16.5. The molecule has 0 bridgehead atoms. The van der Waals surface area contributed by atoms with Crippen LogP contribution in [0.15, 0.2) is 66.5 Å². The molecule has 2 saturated heterocycles. The minimum absolute atomic E-state index is 0.177. The number of hydrogen-bond acceptors (Lipinski definition) is 8. The number of anilines is 1. The van der Waals surface area contributed by atoms with Crippen LogP contribution in [0.2, 0.25) is 14.1 Å². The Bertz CT molecular complexity index is 1820. The number of nitrogens with zero attached hydrogens (tertiary/aromatic N) is 6. The first-order chi connectivity index (χ1) is 22.2. The van der Waals surface area contributed by atoms with Crippen LogP contribution >= 0.6 is 0 Å². The molecule has 2 unspecified atom stereocenters. The van der Waals surface area contributed by atoms with Gasteiger partial charge in [-0.1, -0.05) is 18.2 Å². The van der Waals surface area contributed by atoms with Crippen LogP contribution in [-0.4, -0.2) is 71.5 Å². The van der Waals surface area contributed by atoms with E-state index in [1.807, 2.05) is 24.3 Å². The number of hydrogen-bond donors (Lipinski definition) is 1. The van der Waals surface area contributed by atoms with Gasteiger partial charge >= 0.3 is 210 Å². The number of carbonyl (C=O) groups excluding carboxylic acids is 1. The number of halogens is 1. The van der Waals surface area contributed by atoms with E-state index in [-0.39, 0.29) is 33.1 Å². The monoisotopic (exact) mass is 685 g/mol. The van der Waals surface area contributed by atoms with Crippen LogP contribution in [0.4, 0.5) is 10.2 Å². The van der Waals surface area contributed by atoms with Crippen molar-refractivity contribution in [1.82, 2.24) is 24.6 Å². The number of nitrogen functional groups attached to an aromatic ring is 1. The fourth-order valence-corrected chi connectivity index (χ4v) is 13.0. The van der Waals surface area contributed by atoms with Crippen LogP contribution < -0.4 is 10.5 Å². The third-order valence-electron chi connectivity index (χ3n) is 8.71. The number of ether oxygens (including phenoxy) is 2. The molecular formula is C34H37AsFN7O3. The van der Waals surface area contributed by atoms with Crippen LogP contribution in [0.25, 0.3) is 22.3 Å². The van der Waals surface area contributed by atoms with Gasteiger partial charge in [0.25, 0.3) is 0 Å². The molecule has 238 valence electrons. The number of allylic oxidation sites excluding steroid dienone is 1. The molecule has 0 spiro atoms. The molecule has 0 saturated carbocycles. The topological polar surface area (TPSA) is 132 Å². The molecule has 4 heterocycles. The standard InChI is InChI=1S/C34H37AsFN7O3/c1-4-35(23-19-45-20-23)34(2,3)16-22(17-37)33(44)42-14-8-9-24(18-42)43-32-29(31(38)39-21-40-32)30(41-43)27-13-12-26(15-28(27)36)46-25-10-6-5-7-11-25/h5-7,10-13,15-16,21,23-24H,4,8-9,14,18-20H2,1-3H3,(H2,38,39,40). The molecule has 6 rings (SSSR count). The van der Waals surface area contributed by atoms with Crippen LogP contribution in [0, 0.1) is 17.1 Å². The van der Waals surface area contributed by atoms with E-state index in [2.05, 4.69) is 36.8 Å². The van der Waals surface area contributed by atoms with Crippen molar-refractivity contribution < 1.29 is 18.7 Å². The van der Waals surface area contributed by atoms with E-state index in [1.54, 1.807) is 33.8 Å². The second-order valence-corrected chi connectivity index (χ2v) is 19.4. The van der Waals surface area contributed by atoms with Crippen molar-refractivity contribution in [2.75, 3.05) is 32.0 Å². The van der Waals surface area contributed by atoms with Crippen molar-refractivity contribution in [3.63, 3.8) is 0 Å². The Morgan fingerprint density at radius 1 is 1.22 bits per heavy atom. The number of piperidine rings is 1. The van der Waals surface area contributed by atoms with E-state index >= 15 is 4.39 Å². The van der Waals surface area contributed by atoms with Gasteiger partial charge in [-0.3, -0.25) is 0 Å². The Morgan fingerprint density at radius 3 is 2.67 bits per heavy atom. The molecular weight excluding hydrogens is 648 g/mol. The molecule has 46 heavy (non-hydrogen) atoms. The van der Waals surface area contributed by atoms with E-state index in [9.17, 15) is 10.1 Å². The quantitative estimate of drug-likeness (QED) is 0.123. The average molecular weight is 686 g/mol. The molecule has 2 N–H and O–H groups in total. The van der Waals surface area contributed by atoms with Crippen molar-refractivity contribution in [3.05, 3.63) is 72.3 Å². The summed E-state index contributed by atoms with van der Waals surface area (Å²) in [6.45, 7) is 8.92. The Morgan fingerprint density at radius 2 is 2.00 bits per heavy atom.